The third kappa shape index (κ3) is 2.48. The zero-order chi connectivity index (χ0) is 15.8. The number of ether oxygens (including phenoxy) is 2. The molecule has 3 heterocycles. The Morgan fingerprint density at radius 2 is 2.04 bits per heavy atom. The van der Waals surface area contributed by atoms with Crippen LogP contribution in [-0.2, 0) is 7.05 Å². The lowest BCUT2D eigenvalue weighted by atomic mass is 10.00. The molecule has 4 rings (SSSR count). The van der Waals surface area contributed by atoms with E-state index in [2.05, 4.69) is 35.3 Å². The van der Waals surface area contributed by atoms with E-state index in [0.717, 1.165) is 29.3 Å². The number of para-hydroxylation sites is 1. The van der Waals surface area contributed by atoms with Crippen LogP contribution in [0.5, 0.6) is 11.5 Å². The molecular weight excluding hydrogens is 290 g/mol. The molecule has 1 aromatic heterocycles. The van der Waals surface area contributed by atoms with Crippen LogP contribution in [-0.4, -0.2) is 29.5 Å². The summed E-state index contributed by atoms with van der Waals surface area (Å²) in [5.74, 6) is 1.64. The van der Waals surface area contributed by atoms with Crippen molar-refractivity contribution < 1.29 is 9.47 Å². The highest BCUT2D eigenvalue weighted by Crippen LogP contribution is 2.41. The molecule has 0 unspecified atom stereocenters. The van der Waals surface area contributed by atoms with Crippen LogP contribution >= 0.6 is 0 Å². The molecule has 0 bridgehead atoms. The first-order chi connectivity index (χ1) is 11.2. The number of aryl methyl sites for hydroxylation is 1. The molecule has 0 spiro atoms. The van der Waals surface area contributed by atoms with Crippen LogP contribution in [0.3, 0.4) is 0 Å². The monoisotopic (exact) mass is 309 g/mol. The van der Waals surface area contributed by atoms with Crippen LogP contribution in [0.1, 0.15) is 12.5 Å². The first kappa shape index (κ1) is 13.9. The molecular formula is C18H19N3O2. The zero-order valence-electron chi connectivity index (χ0n) is 13.3. The largest absolute Gasteiger partial charge is 0.486 e. The number of anilines is 1. The lowest BCUT2D eigenvalue weighted by Gasteiger charge is -2.29. The van der Waals surface area contributed by atoms with Gasteiger partial charge in [-0.2, -0.15) is 5.10 Å². The summed E-state index contributed by atoms with van der Waals surface area (Å²) in [6.07, 6.45) is 8.32. The van der Waals surface area contributed by atoms with E-state index >= 15 is 0 Å². The summed E-state index contributed by atoms with van der Waals surface area (Å²) in [4.78, 5) is 2.20. The van der Waals surface area contributed by atoms with Gasteiger partial charge in [-0.3, -0.25) is 4.68 Å². The highest BCUT2D eigenvalue weighted by Gasteiger charge is 2.21. The minimum Gasteiger partial charge on any atom is -0.486 e. The highest BCUT2D eigenvalue weighted by molar-refractivity contribution is 5.82. The second-order valence-electron chi connectivity index (χ2n) is 5.79. The molecule has 5 nitrogen and oxygen atoms in total. The molecule has 0 N–H and O–H groups in total. The van der Waals surface area contributed by atoms with Gasteiger partial charge in [0.05, 0.1) is 11.9 Å². The van der Waals surface area contributed by atoms with Gasteiger partial charge in [0.15, 0.2) is 11.5 Å². The highest BCUT2D eigenvalue weighted by atomic mass is 16.6. The van der Waals surface area contributed by atoms with Gasteiger partial charge < -0.3 is 14.4 Å². The molecule has 0 saturated heterocycles. The summed E-state index contributed by atoms with van der Waals surface area (Å²) in [7, 11) is 1.93. The number of hydrogen-bond donors (Lipinski definition) is 0. The van der Waals surface area contributed by atoms with Gasteiger partial charge in [-0.15, -0.1) is 0 Å². The van der Waals surface area contributed by atoms with Crippen LogP contribution < -0.4 is 14.4 Å². The zero-order valence-corrected chi connectivity index (χ0v) is 13.3. The van der Waals surface area contributed by atoms with Crippen molar-refractivity contribution in [1.82, 2.24) is 9.78 Å². The molecule has 1 aromatic carbocycles. The minimum atomic E-state index is 0.589. The number of nitrogens with zero attached hydrogens (tertiary/aromatic N) is 3. The van der Waals surface area contributed by atoms with E-state index in [-0.39, 0.29) is 0 Å². The van der Waals surface area contributed by atoms with Crippen LogP contribution in [0.4, 0.5) is 5.69 Å². The van der Waals surface area contributed by atoms with Crippen molar-refractivity contribution in [3.8, 4) is 11.5 Å². The maximum absolute atomic E-state index is 5.85. The van der Waals surface area contributed by atoms with Gasteiger partial charge in [0.1, 0.15) is 13.2 Å². The average Bonchev–Trinajstić information content (AvgIpc) is 3.01. The molecule has 0 atom stereocenters. The normalized spacial score (nSPS) is 16.9. The van der Waals surface area contributed by atoms with Crippen LogP contribution in [0.2, 0.25) is 0 Å². The van der Waals surface area contributed by atoms with E-state index in [1.807, 2.05) is 36.3 Å². The van der Waals surface area contributed by atoms with E-state index in [1.165, 1.54) is 11.1 Å². The topological polar surface area (TPSA) is 39.5 Å². The lowest BCUT2D eigenvalue weighted by molar-refractivity contribution is 0.172. The molecule has 0 aliphatic carbocycles. The summed E-state index contributed by atoms with van der Waals surface area (Å²) in [5, 5.41) is 4.28. The third-order valence-corrected chi connectivity index (χ3v) is 4.17. The minimum absolute atomic E-state index is 0.589. The molecule has 0 fully saturated rings. The number of rotatable bonds is 2. The molecule has 118 valence electrons. The molecule has 2 aromatic rings. The Hall–Kier alpha value is -2.69. The van der Waals surface area contributed by atoms with Gasteiger partial charge in [0, 0.05) is 37.1 Å². The van der Waals surface area contributed by atoms with Crippen molar-refractivity contribution in [2.75, 3.05) is 24.7 Å². The number of aromatic nitrogens is 2. The third-order valence-electron chi connectivity index (χ3n) is 4.17. The summed E-state index contributed by atoms with van der Waals surface area (Å²) in [5.41, 5.74) is 4.59. The quantitative estimate of drug-likeness (QED) is 0.855. The average molecular weight is 309 g/mol. The molecule has 0 amide bonds. The molecule has 0 radical (unpaired) electrons. The van der Waals surface area contributed by atoms with E-state index in [4.69, 9.17) is 9.47 Å². The first-order valence-corrected chi connectivity index (χ1v) is 7.75. The lowest BCUT2D eigenvalue weighted by Crippen LogP contribution is -2.23. The Bertz CT molecular complexity index is 804. The van der Waals surface area contributed by atoms with E-state index in [1.54, 1.807) is 0 Å². The second kappa shape index (κ2) is 5.50. The second-order valence-corrected chi connectivity index (χ2v) is 5.79. The van der Waals surface area contributed by atoms with Gasteiger partial charge >= 0.3 is 0 Å². The van der Waals surface area contributed by atoms with Crippen LogP contribution in [0.15, 0.2) is 48.4 Å². The first-order valence-electron chi connectivity index (χ1n) is 7.75. The smallest absolute Gasteiger partial charge is 0.184 e. The van der Waals surface area contributed by atoms with Gasteiger partial charge in [0.2, 0.25) is 0 Å². The number of allylic oxidation sites excluding steroid dienone is 2. The van der Waals surface area contributed by atoms with E-state index < -0.39 is 0 Å². The van der Waals surface area contributed by atoms with Crippen molar-refractivity contribution in [2.24, 2.45) is 7.05 Å². The molecule has 23 heavy (non-hydrogen) atoms. The predicted octanol–water partition coefficient (Wildman–Crippen LogP) is 3.00. The van der Waals surface area contributed by atoms with Gasteiger partial charge in [0.25, 0.3) is 0 Å². The molecule has 0 saturated carbocycles. The van der Waals surface area contributed by atoms with Crippen molar-refractivity contribution >= 4 is 11.3 Å². The fraction of sp³-hybridized carbons (Fsp3) is 0.278. The van der Waals surface area contributed by atoms with E-state index in [9.17, 15) is 0 Å². The Balaban J connectivity index is 1.75. The SMILES string of the molecule is CC1=CCN(c2cccc3c2OCCO3)C=C1c1cnn(C)c1. The number of hydrogen-bond acceptors (Lipinski definition) is 4. The van der Waals surface area contributed by atoms with Crippen LogP contribution in [0, 0.1) is 0 Å². The Labute approximate surface area is 135 Å². The van der Waals surface area contributed by atoms with Gasteiger partial charge in [-0.05, 0) is 24.6 Å². The van der Waals surface area contributed by atoms with Crippen molar-refractivity contribution in [1.29, 1.82) is 0 Å². The Morgan fingerprint density at radius 3 is 2.87 bits per heavy atom. The summed E-state index contributed by atoms with van der Waals surface area (Å²) in [6, 6.07) is 6.03. The van der Waals surface area contributed by atoms with Crippen molar-refractivity contribution in [3.05, 3.63) is 54.0 Å². The molecule has 2 aliphatic rings. The summed E-state index contributed by atoms with van der Waals surface area (Å²) in [6.45, 7) is 4.14. The maximum atomic E-state index is 5.85. The molecule has 5 heteroatoms. The maximum Gasteiger partial charge on any atom is 0.184 e. The predicted molar refractivity (Wildman–Crippen MR) is 89.7 cm³/mol. The fourth-order valence-corrected chi connectivity index (χ4v) is 2.97. The Morgan fingerprint density at radius 1 is 1.17 bits per heavy atom. The summed E-state index contributed by atoms with van der Waals surface area (Å²) >= 11 is 0. The fourth-order valence-electron chi connectivity index (χ4n) is 2.97. The molecule has 2 aliphatic heterocycles. The summed E-state index contributed by atoms with van der Waals surface area (Å²) < 4.78 is 13.4. The van der Waals surface area contributed by atoms with Gasteiger partial charge in [-0.25, -0.2) is 0 Å². The van der Waals surface area contributed by atoms with Crippen molar-refractivity contribution in [2.45, 2.75) is 6.92 Å². The van der Waals surface area contributed by atoms with Crippen molar-refractivity contribution in [3.63, 3.8) is 0 Å². The number of benzene rings is 1. The Kier molecular flexibility index (Phi) is 3.33. The van der Waals surface area contributed by atoms with Crippen LogP contribution in [0.25, 0.3) is 5.57 Å². The standard InChI is InChI=1S/C18H19N3O2/c1-13-6-7-21(12-15(13)14-10-19-20(2)11-14)16-4-3-5-17-18(16)23-9-8-22-17/h3-6,10-12H,7-9H2,1-2H3. The van der Waals surface area contributed by atoms with Gasteiger partial charge in [-0.1, -0.05) is 12.1 Å². The van der Waals surface area contributed by atoms with E-state index in [0.29, 0.717) is 13.2 Å². The number of fused-ring (bicyclic) bond motifs is 1.